The lowest BCUT2D eigenvalue weighted by molar-refractivity contribution is -0.442. The van der Waals surface area contributed by atoms with Gasteiger partial charge in [0, 0.05) is 17.7 Å². The van der Waals surface area contributed by atoms with Crippen LogP contribution in [0.5, 0.6) is 0 Å². The molecule has 5 heteroatoms. The van der Waals surface area contributed by atoms with E-state index in [0.717, 1.165) is 0 Å². The first-order chi connectivity index (χ1) is 7.74. The molecule has 0 fully saturated rings. The summed E-state index contributed by atoms with van der Waals surface area (Å²) in [5.74, 6) is 0. The van der Waals surface area contributed by atoms with E-state index < -0.39 is 11.1 Å². The highest BCUT2D eigenvalue weighted by Crippen LogP contribution is 2.05. The Morgan fingerprint density at radius 1 is 1.38 bits per heavy atom. The largest absolute Gasteiger partial charge is 0.768 e. The summed E-state index contributed by atoms with van der Waals surface area (Å²) in [5, 5.41) is 8.36. The molecule has 0 saturated heterocycles. The lowest BCUT2D eigenvalue weighted by Gasteiger charge is -2.02. The van der Waals surface area contributed by atoms with Gasteiger partial charge >= 0.3 is 0 Å². The minimum Gasteiger partial charge on any atom is -0.768 e. The summed E-state index contributed by atoms with van der Waals surface area (Å²) in [6.45, 7) is 1.19. The van der Waals surface area contributed by atoms with Crippen molar-refractivity contribution in [1.29, 1.82) is 5.26 Å². The van der Waals surface area contributed by atoms with Crippen molar-refractivity contribution in [3.05, 3.63) is 29.8 Å². The first-order valence-corrected chi connectivity index (χ1v) is 5.96. The maximum absolute atomic E-state index is 10.3. The summed E-state index contributed by atoms with van der Waals surface area (Å²) < 4.78 is 20.6. The number of hydrogen-bond donors (Lipinski definition) is 1. The molecule has 2 rings (SSSR count). The topological polar surface area (TPSA) is 77.9 Å². The third kappa shape index (κ3) is 4.34. The molecule has 1 aliphatic rings. The fraction of sp³-hybridized carbons (Fsp3) is 0.273. The van der Waals surface area contributed by atoms with Crippen LogP contribution in [0.1, 0.15) is 18.4 Å². The van der Waals surface area contributed by atoms with Gasteiger partial charge in [0.1, 0.15) is 12.8 Å². The zero-order valence-electron chi connectivity index (χ0n) is 8.68. The Kier molecular flexibility index (Phi) is 5.40. The van der Waals surface area contributed by atoms with Gasteiger partial charge in [-0.05, 0) is 35.3 Å². The van der Waals surface area contributed by atoms with E-state index in [1.54, 1.807) is 0 Å². The Morgan fingerprint density at radius 3 is 2.38 bits per heavy atom. The second-order valence-corrected chi connectivity index (χ2v) is 4.11. The zero-order chi connectivity index (χ0) is 11.8. The quantitative estimate of drug-likeness (QED) is 0.682. The van der Waals surface area contributed by atoms with Gasteiger partial charge in [-0.25, -0.2) is 0 Å². The van der Waals surface area contributed by atoms with Crippen molar-refractivity contribution in [3.8, 4) is 6.07 Å². The van der Waals surface area contributed by atoms with E-state index in [-0.39, 0.29) is 4.90 Å². The van der Waals surface area contributed by atoms with Gasteiger partial charge in [-0.2, -0.15) is 5.26 Å². The maximum Gasteiger partial charge on any atom is 0.141 e. The van der Waals surface area contributed by atoms with Crippen LogP contribution in [0.25, 0.3) is 0 Å². The molecule has 1 N–H and O–H groups in total. The Balaban J connectivity index is 0.000000212. The molecule has 1 atom stereocenters. The van der Waals surface area contributed by atoms with Crippen molar-refractivity contribution in [3.63, 3.8) is 0 Å². The van der Waals surface area contributed by atoms with E-state index >= 15 is 0 Å². The maximum atomic E-state index is 10.3. The van der Waals surface area contributed by atoms with Gasteiger partial charge in [-0.1, -0.05) is 0 Å². The number of nitriles is 1. The summed E-state index contributed by atoms with van der Waals surface area (Å²) in [6, 6.07) is 7.60. The molecule has 0 spiro atoms. The van der Waals surface area contributed by atoms with Gasteiger partial charge in [-0.15, -0.1) is 0 Å². The minimum absolute atomic E-state index is 0.198. The molecule has 1 unspecified atom stereocenters. The van der Waals surface area contributed by atoms with E-state index in [0.29, 0.717) is 5.56 Å². The molecule has 1 aromatic rings. The van der Waals surface area contributed by atoms with Gasteiger partial charge in [-0.3, -0.25) is 9.20 Å². The van der Waals surface area contributed by atoms with Crippen LogP contribution in [-0.4, -0.2) is 21.5 Å². The molecule has 0 radical (unpaired) electrons. The minimum atomic E-state index is -2.20. The van der Waals surface area contributed by atoms with Crippen LogP contribution in [0.4, 0.5) is 0 Å². The Hall–Kier alpha value is -1.51. The standard InChI is InChI=1S/C7H5NO2S.C4H7N/c8-5-6-1-3-7(4-2-6)11(9)10;1-2-4-5-3-1/h1-4H,(H,9,10);3H,1-2,4H2. The first-order valence-electron chi connectivity index (χ1n) is 4.88. The monoisotopic (exact) mass is 236 g/mol. The van der Waals surface area contributed by atoms with Crippen molar-refractivity contribution in [1.82, 2.24) is 0 Å². The number of rotatable bonds is 1. The predicted octanol–water partition coefficient (Wildman–Crippen LogP) is -0.272. The van der Waals surface area contributed by atoms with E-state index in [1.807, 2.05) is 6.07 Å². The molecule has 1 heterocycles. The van der Waals surface area contributed by atoms with E-state index in [2.05, 4.69) is 11.2 Å². The molecule has 1 aliphatic heterocycles. The summed E-state index contributed by atoms with van der Waals surface area (Å²) in [6.07, 6.45) is 4.71. The number of hydrogen-bond acceptors (Lipinski definition) is 3. The smallest absolute Gasteiger partial charge is 0.141 e. The van der Waals surface area contributed by atoms with Crippen LogP contribution in [-0.2, 0) is 11.1 Å². The molecule has 84 valence electrons. The SMILES string of the molecule is C1=[NH+]CCC1.N#Cc1ccc(S(=O)[O-])cc1. The Bertz CT molecular complexity index is 415. The normalized spacial score (nSPS) is 14.8. The summed E-state index contributed by atoms with van der Waals surface area (Å²) >= 11 is -2.20. The van der Waals surface area contributed by atoms with Gasteiger partial charge in [0.25, 0.3) is 0 Å². The fourth-order valence-corrected chi connectivity index (χ4v) is 1.51. The second kappa shape index (κ2) is 6.88. The number of benzene rings is 1. The van der Waals surface area contributed by atoms with Crippen molar-refractivity contribution in [2.75, 3.05) is 6.54 Å². The van der Waals surface area contributed by atoms with Gasteiger partial charge < -0.3 is 4.55 Å². The van der Waals surface area contributed by atoms with Crippen molar-refractivity contribution >= 4 is 17.3 Å². The highest BCUT2D eigenvalue weighted by molar-refractivity contribution is 7.79. The number of nitrogens with zero attached hydrogens (tertiary/aromatic N) is 1. The average molecular weight is 236 g/mol. The zero-order valence-corrected chi connectivity index (χ0v) is 9.50. The van der Waals surface area contributed by atoms with Crippen LogP contribution < -0.4 is 4.99 Å². The molecular weight excluding hydrogens is 224 g/mol. The molecule has 4 nitrogen and oxygen atoms in total. The van der Waals surface area contributed by atoms with Crippen molar-refractivity contribution in [2.45, 2.75) is 17.7 Å². The lowest BCUT2D eigenvalue weighted by Crippen LogP contribution is -2.65. The number of nitrogens with one attached hydrogen (secondary N) is 1. The Labute approximate surface area is 96.9 Å². The van der Waals surface area contributed by atoms with Crippen molar-refractivity contribution in [2.24, 2.45) is 0 Å². The lowest BCUT2D eigenvalue weighted by atomic mass is 10.2. The third-order valence-corrected chi connectivity index (χ3v) is 2.65. The van der Waals surface area contributed by atoms with E-state index in [1.165, 1.54) is 43.7 Å². The molecule has 0 bridgehead atoms. The van der Waals surface area contributed by atoms with Crippen LogP contribution in [0.15, 0.2) is 29.2 Å². The van der Waals surface area contributed by atoms with Crippen molar-refractivity contribution < 1.29 is 13.8 Å². The van der Waals surface area contributed by atoms with E-state index in [9.17, 15) is 8.76 Å². The van der Waals surface area contributed by atoms with E-state index in [4.69, 9.17) is 5.26 Å². The molecule has 16 heavy (non-hydrogen) atoms. The molecular formula is C11H12N2O2S. The third-order valence-electron chi connectivity index (χ3n) is 1.99. The molecule has 0 aromatic heterocycles. The van der Waals surface area contributed by atoms with Gasteiger partial charge in [0.15, 0.2) is 0 Å². The first kappa shape index (κ1) is 12.6. The van der Waals surface area contributed by atoms with Gasteiger partial charge in [0.2, 0.25) is 0 Å². The average Bonchev–Trinajstić information content (AvgIpc) is 2.88. The summed E-state index contributed by atoms with van der Waals surface area (Å²) in [4.78, 5) is 3.30. The van der Waals surface area contributed by atoms with Crippen LogP contribution >= 0.6 is 0 Å². The Morgan fingerprint density at radius 2 is 2.06 bits per heavy atom. The summed E-state index contributed by atoms with van der Waals surface area (Å²) in [7, 11) is 0. The molecule has 0 saturated carbocycles. The second-order valence-electron chi connectivity index (χ2n) is 3.17. The molecule has 0 aliphatic carbocycles. The highest BCUT2D eigenvalue weighted by atomic mass is 32.2. The highest BCUT2D eigenvalue weighted by Gasteiger charge is 1.93. The van der Waals surface area contributed by atoms with Crippen LogP contribution in [0, 0.1) is 11.3 Å². The molecule has 1 aromatic carbocycles. The summed E-state index contributed by atoms with van der Waals surface area (Å²) in [5.41, 5.74) is 0.458. The predicted molar refractivity (Wildman–Crippen MR) is 59.5 cm³/mol. The molecule has 0 amide bonds. The van der Waals surface area contributed by atoms with Crippen LogP contribution in [0.2, 0.25) is 0 Å². The fourth-order valence-electron chi connectivity index (χ4n) is 1.15. The van der Waals surface area contributed by atoms with Crippen LogP contribution in [0.3, 0.4) is 0 Å². The van der Waals surface area contributed by atoms with Gasteiger partial charge in [0.05, 0.1) is 11.6 Å².